The van der Waals surface area contributed by atoms with Gasteiger partial charge in [0.25, 0.3) is 0 Å². The zero-order chi connectivity index (χ0) is 21.5. The largest absolute Gasteiger partial charge is 0.497 e. The molecule has 0 aromatic heterocycles. The van der Waals surface area contributed by atoms with Gasteiger partial charge in [0.05, 0.1) is 14.2 Å². The minimum atomic E-state index is -0.572. The van der Waals surface area contributed by atoms with E-state index in [9.17, 15) is 9.59 Å². The van der Waals surface area contributed by atoms with E-state index < -0.39 is 6.04 Å². The minimum Gasteiger partial charge on any atom is -0.497 e. The van der Waals surface area contributed by atoms with Gasteiger partial charge < -0.3 is 14.4 Å². The molecule has 1 heterocycles. The van der Waals surface area contributed by atoms with Crippen molar-refractivity contribution in [2.24, 2.45) is 0 Å². The molecule has 3 rings (SSSR count). The molecule has 1 atom stereocenters. The lowest BCUT2D eigenvalue weighted by atomic mass is 10.0. The molecule has 0 radical (unpaired) electrons. The second kappa shape index (κ2) is 10.5. The molecule has 1 unspecified atom stereocenters. The van der Waals surface area contributed by atoms with E-state index in [1.54, 1.807) is 13.2 Å². The molecule has 2 aromatic carbocycles. The number of aryl methyl sites for hydroxylation is 1. The first-order chi connectivity index (χ1) is 14.5. The predicted octanol–water partition coefficient (Wildman–Crippen LogP) is 3.34. The first kappa shape index (κ1) is 22.1. The van der Waals surface area contributed by atoms with Gasteiger partial charge in [0.15, 0.2) is 0 Å². The summed E-state index contributed by atoms with van der Waals surface area (Å²) in [6.45, 7) is 2.29. The number of hydrogen-bond acceptors (Lipinski definition) is 5. The van der Waals surface area contributed by atoms with Crippen molar-refractivity contribution in [3.8, 4) is 5.75 Å². The number of halogens is 1. The van der Waals surface area contributed by atoms with Crippen LogP contribution in [0.15, 0.2) is 48.5 Å². The Kier molecular flexibility index (Phi) is 7.71. The van der Waals surface area contributed by atoms with E-state index in [0.717, 1.165) is 16.9 Å². The smallest absolute Gasteiger partial charge is 0.327 e. The van der Waals surface area contributed by atoms with Crippen LogP contribution >= 0.6 is 11.6 Å². The van der Waals surface area contributed by atoms with Crippen molar-refractivity contribution in [2.45, 2.75) is 18.9 Å². The summed E-state index contributed by atoms with van der Waals surface area (Å²) >= 11 is 6.33. The second-order valence-electron chi connectivity index (χ2n) is 7.22. The van der Waals surface area contributed by atoms with Gasteiger partial charge >= 0.3 is 5.97 Å². The summed E-state index contributed by atoms with van der Waals surface area (Å²) in [4.78, 5) is 29.0. The monoisotopic (exact) mass is 430 g/mol. The van der Waals surface area contributed by atoms with Crippen LogP contribution in [-0.4, -0.2) is 62.1 Å². The predicted molar refractivity (Wildman–Crippen MR) is 116 cm³/mol. The number of hydrogen-bond donors (Lipinski definition) is 0. The van der Waals surface area contributed by atoms with Gasteiger partial charge in [0, 0.05) is 37.6 Å². The molecule has 2 aromatic rings. The molecule has 160 valence electrons. The average Bonchev–Trinajstić information content (AvgIpc) is 2.79. The van der Waals surface area contributed by atoms with Gasteiger partial charge in [-0.3, -0.25) is 9.69 Å². The Morgan fingerprint density at radius 2 is 1.77 bits per heavy atom. The number of benzene rings is 2. The van der Waals surface area contributed by atoms with Gasteiger partial charge in [0.2, 0.25) is 5.91 Å². The Morgan fingerprint density at radius 3 is 2.43 bits per heavy atom. The van der Waals surface area contributed by atoms with E-state index in [1.807, 2.05) is 52.3 Å². The maximum atomic E-state index is 12.7. The third kappa shape index (κ3) is 5.32. The zero-order valence-electron chi connectivity index (χ0n) is 17.3. The van der Waals surface area contributed by atoms with Crippen LogP contribution in [0.25, 0.3) is 0 Å². The van der Waals surface area contributed by atoms with Crippen molar-refractivity contribution in [1.29, 1.82) is 0 Å². The third-order valence-electron chi connectivity index (χ3n) is 5.42. The van der Waals surface area contributed by atoms with Crippen molar-refractivity contribution >= 4 is 23.5 Å². The number of methoxy groups -OCH3 is 2. The highest BCUT2D eigenvalue weighted by Crippen LogP contribution is 2.29. The molecular weight excluding hydrogens is 404 g/mol. The number of carbonyl (C=O) groups excluding carboxylic acids is 2. The van der Waals surface area contributed by atoms with Crippen LogP contribution in [0, 0.1) is 0 Å². The van der Waals surface area contributed by atoms with Crippen molar-refractivity contribution < 1.29 is 19.1 Å². The van der Waals surface area contributed by atoms with Gasteiger partial charge in [-0.25, -0.2) is 4.79 Å². The molecule has 1 amide bonds. The van der Waals surface area contributed by atoms with Crippen molar-refractivity contribution in [3.63, 3.8) is 0 Å². The number of amides is 1. The maximum absolute atomic E-state index is 12.7. The van der Waals surface area contributed by atoms with E-state index in [1.165, 1.54) is 7.11 Å². The van der Waals surface area contributed by atoms with Crippen LogP contribution in [-0.2, 0) is 20.7 Å². The number of rotatable bonds is 7. The van der Waals surface area contributed by atoms with Crippen molar-refractivity contribution in [1.82, 2.24) is 9.80 Å². The molecule has 0 N–H and O–H groups in total. The summed E-state index contributed by atoms with van der Waals surface area (Å²) in [5.74, 6) is 0.563. The molecule has 30 heavy (non-hydrogen) atoms. The number of carbonyl (C=O) groups is 2. The lowest BCUT2D eigenvalue weighted by molar-refractivity contribution is -0.148. The normalized spacial score (nSPS) is 15.5. The first-order valence-corrected chi connectivity index (χ1v) is 10.4. The van der Waals surface area contributed by atoms with Crippen LogP contribution in [0.1, 0.15) is 23.6 Å². The molecule has 0 bridgehead atoms. The Balaban J connectivity index is 1.59. The van der Waals surface area contributed by atoms with Crippen molar-refractivity contribution in [2.75, 3.05) is 40.4 Å². The van der Waals surface area contributed by atoms with Crippen LogP contribution in [0.4, 0.5) is 0 Å². The zero-order valence-corrected chi connectivity index (χ0v) is 18.1. The van der Waals surface area contributed by atoms with Gasteiger partial charge in [0.1, 0.15) is 11.8 Å². The average molecular weight is 431 g/mol. The molecule has 1 aliphatic rings. The fourth-order valence-electron chi connectivity index (χ4n) is 3.75. The molecule has 0 saturated carbocycles. The highest BCUT2D eigenvalue weighted by atomic mass is 35.5. The summed E-state index contributed by atoms with van der Waals surface area (Å²) in [5, 5.41) is 0.532. The molecule has 6 nitrogen and oxygen atoms in total. The minimum absolute atomic E-state index is 0.116. The van der Waals surface area contributed by atoms with E-state index >= 15 is 0 Å². The highest BCUT2D eigenvalue weighted by Gasteiger charge is 2.33. The summed E-state index contributed by atoms with van der Waals surface area (Å²) in [5.41, 5.74) is 1.80. The SMILES string of the molecule is COC(=O)C(c1ccccc1Cl)N1CCN(C(=O)CCc2cccc(OC)c2)CC1. The molecule has 1 saturated heterocycles. The number of nitrogens with zero attached hydrogens (tertiary/aromatic N) is 2. The number of piperazine rings is 1. The molecule has 0 aliphatic carbocycles. The lowest BCUT2D eigenvalue weighted by Gasteiger charge is -2.38. The summed E-state index contributed by atoms with van der Waals surface area (Å²) in [7, 11) is 3.01. The van der Waals surface area contributed by atoms with E-state index in [0.29, 0.717) is 44.0 Å². The molecule has 0 spiro atoms. The van der Waals surface area contributed by atoms with Gasteiger partial charge in [-0.2, -0.15) is 0 Å². The standard InChI is InChI=1S/C23H27ClN2O4/c1-29-18-7-5-6-17(16-18)10-11-21(27)25-12-14-26(15-13-25)22(23(28)30-2)19-8-3-4-9-20(19)24/h3-9,16,22H,10-15H2,1-2H3. The summed E-state index contributed by atoms with van der Waals surface area (Å²) in [6.07, 6.45) is 1.11. The first-order valence-electron chi connectivity index (χ1n) is 10.0. The van der Waals surface area contributed by atoms with Crippen LogP contribution in [0.3, 0.4) is 0 Å². The molecule has 1 aliphatic heterocycles. The van der Waals surface area contributed by atoms with E-state index in [4.69, 9.17) is 21.1 Å². The Hall–Kier alpha value is -2.57. The Bertz CT molecular complexity index is 881. The van der Waals surface area contributed by atoms with E-state index in [2.05, 4.69) is 0 Å². The summed E-state index contributed by atoms with van der Waals surface area (Å²) < 4.78 is 10.3. The van der Waals surface area contributed by atoms with Crippen LogP contribution in [0.2, 0.25) is 5.02 Å². The quantitative estimate of drug-likeness (QED) is 0.630. The van der Waals surface area contributed by atoms with Crippen molar-refractivity contribution in [3.05, 3.63) is 64.7 Å². The molecule has 7 heteroatoms. The number of ether oxygens (including phenoxy) is 2. The molecule has 1 fully saturated rings. The molecular formula is C23H27ClN2O4. The Labute approximate surface area is 182 Å². The van der Waals surface area contributed by atoms with Gasteiger partial charge in [-0.15, -0.1) is 0 Å². The fourth-order valence-corrected chi connectivity index (χ4v) is 3.99. The van der Waals surface area contributed by atoms with Gasteiger partial charge in [-0.05, 0) is 35.7 Å². The topological polar surface area (TPSA) is 59.1 Å². The van der Waals surface area contributed by atoms with Crippen LogP contribution in [0.5, 0.6) is 5.75 Å². The third-order valence-corrected chi connectivity index (χ3v) is 5.76. The van der Waals surface area contributed by atoms with E-state index in [-0.39, 0.29) is 11.9 Å². The highest BCUT2D eigenvalue weighted by molar-refractivity contribution is 6.31. The maximum Gasteiger partial charge on any atom is 0.327 e. The summed E-state index contributed by atoms with van der Waals surface area (Å²) in [6, 6.07) is 14.5. The van der Waals surface area contributed by atoms with Crippen LogP contribution < -0.4 is 4.74 Å². The van der Waals surface area contributed by atoms with Gasteiger partial charge in [-0.1, -0.05) is 41.9 Å². The fraction of sp³-hybridized carbons (Fsp3) is 0.391. The Morgan fingerprint density at radius 1 is 1.03 bits per heavy atom. The lowest BCUT2D eigenvalue weighted by Crippen LogP contribution is -2.51. The number of esters is 1. The second-order valence-corrected chi connectivity index (χ2v) is 7.62.